The van der Waals surface area contributed by atoms with Gasteiger partial charge in [-0.2, -0.15) is 5.26 Å². The molecule has 0 amide bonds. The molecule has 4 heteroatoms. The van der Waals surface area contributed by atoms with Gasteiger partial charge in [0.2, 0.25) is 0 Å². The van der Waals surface area contributed by atoms with E-state index in [-0.39, 0.29) is 0 Å². The van der Waals surface area contributed by atoms with Gasteiger partial charge < -0.3 is 9.55 Å². The van der Waals surface area contributed by atoms with Crippen LogP contribution in [0, 0.1) is 11.3 Å². The summed E-state index contributed by atoms with van der Waals surface area (Å²) in [7, 11) is 1.89. The summed E-state index contributed by atoms with van der Waals surface area (Å²) in [5.41, 5.74) is 2.53. The smallest absolute Gasteiger partial charge is 0.159 e. The second kappa shape index (κ2) is 3.49. The van der Waals surface area contributed by atoms with Crippen LogP contribution in [0.4, 0.5) is 0 Å². The number of nitriles is 1. The number of H-pyrrole nitrogens is 1. The number of aromatic amines is 1. The van der Waals surface area contributed by atoms with Crippen molar-refractivity contribution in [2.24, 2.45) is 7.05 Å². The van der Waals surface area contributed by atoms with Crippen molar-refractivity contribution in [3.8, 4) is 17.5 Å². The van der Waals surface area contributed by atoms with E-state index in [2.05, 4.69) is 16.0 Å². The molecule has 0 fully saturated rings. The summed E-state index contributed by atoms with van der Waals surface area (Å²) in [6.45, 7) is 0. The SMILES string of the molecule is Cn1cc(C#N)nc1-c1c[nH]c2ccccc12. The highest BCUT2D eigenvalue weighted by molar-refractivity contribution is 5.93. The molecule has 0 saturated heterocycles. The predicted molar refractivity (Wildman–Crippen MR) is 65.2 cm³/mol. The Kier molecular flexibility index (Phi) is 1.99. The number of aryl methyl sites for hydroxylation is 1. The maximum absolute atomic E-state index is 8.85. The zero-order chi connectivity index (χ0) is 11.8. The molecule has 0 aliphatic heterocycles. The number of hydrogen-bond donors (Lipinski definition) is 1. The maximum atomic E-state index is 8.85. The van der Waals surface area contributed by atoms with Gasteiger partial charge in [-0.1, -0.05) is 18.2 Å². The van der Waals surface area contributed by atoms with Crippen molar-refractivity contribution < 1.29 is 0 Å². The molecule has 0 radical (unpaired) electrons. The first-order valence-electron chi connectivity index (χ1n) is 5.29. The number of para-hydroxylation sites is 1. The third kappa shape index (κ3) is 1.41. The molecular formula is C13H10N4. The fraction of sp³-hybridized carbons (Fsp3) is 0.0769. The van der Waals surface area contributed by atoms with Crippen LogP contribution in [0.25, 0.3) is 22.3 Å². The largest absolute Gasteiger partial charge is 0.360 e. The summed E-state index contributed by atoms with van der Waals surface area (Å²) in [6, 6.07) is 10.1. The van der Waals surface area contributed by atoms with Crippen molar-refractivity contribution in [3.05, 3.63) is 42.4 Å². The summed E-state index contributed by atoms with van der Waals surface area (Å²) >= 11 is 0. The molecule has 0 saturated carbocycles. The van der Waals surface area contributed by atoms with Crippen molar-refractivity contribution in [3.63, 3.8) is 0 Å². The predicted octanol–water partition coefficient (Wildman–Crippen LogP) is 2.44. The topological polar surface area (TPSA) is 57.4 Å². The Morgan fingerprint density at radius 2 is 2.18 bits per heavy atom. The number of fused-ring (bicyclic) bond motifs is 1. The summed E-state index contributed by atoms with van der Waals surface area (Å²) in [5, 5.41) is 9.97. The van der Waals surface area contributed by atoms with Crippen LogP contribution in [0.2, 0.25) is 0 Å². The zero-order valence-corrected chi connectivity index (χ0v) is 9.31. The minimum absolute atomic E-state index is 0.438. The Morgan fingerprint density at radius 3 is 2.94 bits per heavy atom. The third-order valence-corrected chi connectivity index (χ3v) is 2.82. The molecule has 0 aliphatic carbocycles. The Balaban J connectivity index is 2.27. The van der Waals surface area contributed by atoms with Crippen molar-refractivity contribution in [2.45, 2.75) is 0 Å². The van der Waals surface area contributed by atoms with Crippen LogP contribution >= 0.6 is 0 Å². The van der Waals surface area contributed by atoms with Crippen molar-refractivity contribution in [2.75, 3.05) is 0 Å². The van der Waals surface area contributed by atoms with Crippen molar-refractivity contribution in [1.29, 1.82) is 5.26 Å². The Bertz CT molecular complexity index is 727. The van der Waals surface area contributed by atoms with Crippen LogP contribution in [-0.4, -0.2) is 14.5 Å². The Morgan fingerprint density at radius 1 is 1.35 bits per heavy atom. The van der Waals surface area contributed by atoms with Gasteiger partial charge in [0.15, 0.2) is 5.69 Å². The second-order valence-corrected chi connectivity index (χ2v) is 3.92. The standard InChI is InChI=1S/C13H10N4/c1-17-8-9(6-14)16-13(17)11-7-15-12-5-3-2-4-10(11)12/h2-5,7-8,15H,1H3. The average Bonchev–Trinajstić information content (AvgIpc) is 2.92. The molecule has 2 aromatic heterocycles. The van der Waals surface area contributed by atoms with E-state index >= 15 is 0 Å². The van der Waals surface area contributed by atoms with E-state index in [1.165, 1.54) is 0 Å². The van der Waals surface area contributed by atoms with Gasteiger partial charge in [-0.25, -0.2) is 4.98 Å². The lowest BCUT2D eigenvalue weighted by Crippen LogP contribution is -1.89. The lowest BCUT2D eigenvalue weighted by molar-refractivity contribution is 0.926. The Hall–Kier alpha value is -2.54. The molecule has 3 rings (SSSR count). The van der Waals surface area contributed by atoms with E-state index in [1.807, 2.05) is 42.1 Å². The normalized spacial score (nSPS) is 10.6. The van der Waals surface area contributed by atoms with Crippen LogP contribution < -0.4 is 0 Å². The number of rotatable bonds is 1. The molecule has 0 spiro atoms. The quantitative estimate of drug-likeness (QED) is 0.687. The summed E-state index contributed by atoms with van der Waals surface area (Å²) in [5.74, 6) is 0.805. The fourth-order valence-corrected chi connectivity index (χ4v) is 2.03. The van der Waals surface area contributed by atoms with Gasteiger partial charge in [0.1, 0.15) is 11.9 Å². The van der Waals surface area contributed by atoms with Gasteiger partial charge in [0.05, 0.1) is 0 Å². The molecule has 0 aliphatic rings. The minimum atomic E-state index is 0.438. The van der Waals surface area contributed by atoms with E-state index in [9.17, 15) is 0 Å². The first-order chi connectivity index (χ1) is 8.29. The number of imidazole rings is 1. The van der Waals surface area contributed by atoms with Gasteiger partial charge in [0.25, 0.3) is 0 Å². The maximum Gasteiger partial charge on any atom is 0.159 e. The molecule has 17 heavy (non-hydrogen) atoms. The highest BCUT2D eigenvalue weighted by Crippen LogP contribution is 2.27. The van der Waals surface area contributed by atoms with Gasteiger partial charge in [0, 0.05) is 35.9 Å². The highest BCUT2D eigenvalue weighted by Gasteiger charge is 2.11. The van der Waals surface area contributed by atoms with Gasteiger partial charge in [-0.05, 0) is 6.07 Å². The third-order valence-electron chi connectivity index (χ3n) is 2.82. The van der Waals surface area contributed by atoms with Gasteiger partial charge >= 0.3 is 0 Å². The molecular weight excluding hydrogens is 212 g/mol. The number of aromatic nitrogens is 3. The van der Waals surface area contributed by atoms with Crippen LogP contribution in [0.1, 0.15) is 5.69 Å². The summed E-state index contributed by atoms with van der Waals surface area (Å²) in [6.07, 6.45) is 3.66. The van der Waals surface area contributed by atoms with Crippen molar-refractivity contribution in [1.82, 2.24) is 14.5 Å². The second-order valence-electron chi connectivity index (χ2n) is 3.92. The van der Waals surface area contributed by atoms with E-state index < -0.39 is 0 Å². The van der Waals surface area contributed by atoms with Crippen LogP contribution in [0.5, 0.6) is 0 Å². The van der Waals surface area contributed by atoms with E-state index in [1.54, 1.807) is 6.20 Å². The van der Waals surface area contributed by atoms with E-state index in [0.29, 0.717) is 5.69 Å². The van der Waals surface area contributed by atoms with E-state index in [0.717, 1.165) is 22.3 Å². The molecule has 0 bridgehead atoms. The monoisotopic (exact) mass is 222 g/mol. The lowest BCUT2D eigenvalue weighted by atomic mass is 10.1. The van der Waals surface area contributed by atoms with Crippen LogP contribution in [0.15, 0.2) is 36.7 Å². The van der Waals surface area contributed by atoms with E-state index in [4.69, 9.17) is 5.26 Å². The van der Waals surface area contributed by atoms with Crippen molar-refractivity contribution >= 4 is 10.9 Å². The molecule has 4 nitrogen and oxygen atoms in total. The number of benzene rings is 1. The first kappa shape index (κ1) is 9.67. The molecule has 1 N–H and O–H groups in total. The molecule has 3 aromatic rings. The average molecular weight is 222 g/mol. The first-order valence-corrected chi connectivity index (χ1v) is 5.29. The number of hydrogen-bond acceptors (Lipinski definition) is 2. The fourth-order valence-electron chi connectivity index (χ4n) is 2.03. The number of nitrogens with zero attached hydrogens (tertiary/aromatic N) is 3. The minimum Gasteiger partial charge on any atom is -0.360 e. The molecule has 2 heterocycles. The van der Waals surface area contributed by atoms with Gasteiger partial charge in [-0.15, -0.1) is 0 Å². The Labute approximate surface area is 98.1 Å². The highest BCUT2D eigenvalue weighted by atomic mass is 15.0. The van der Waals surface area contributed by atoms with Crippen LogP contribution in [0.3, 0.4) is 0 Å². The number of nitrogens with one attached hydrogen (secondary N) is 1. The molecule has 1 aromatic carbocycles. The molecule has 0 unspecified atom stereocenters. The summed E-state index contributed by atoms with van der Waals surface area (Å²) in [4.78, 5) is 7.51. The zero-order valence-electron chi connectivity index (χ0n) is 9.31. The lowest BCUT2D eigenvalue weighted by Gasteiger charge is -1.98. The van der Waals surface area contributed by atoms with Gasteiger partial charge in [-0.3, -0.25) is 0 Å². The summed E-state index contributed by atoms with van der Waals surface area (Å²) < 4.78 is 1.87. The molecule has 0 atom stereocenters. The molecule has 82 valence electrons. The van der Waals surface area contributed by atoms with Crippen LogP contribution in [-0.2, 0) is 7.05 Å².